The molecular formula is C13H21ClN4O. The van der Waals surface area contributed by atoms with Crippen molar-refractivity contribution in [2.75, 3.05) is 13.1 Å². The first-order valence-corrected chi connectivity index (χ1v) is 7.07. The van der Waals surface area contributed by atoms with Crippen LogP contribution in [0.4, 0.5) is 0 Å². The average molecular weight is 285 g/mol. The van der Waals surface area contributed by atoms with Crippen LogP contribution < -0.4 is 5.73 Å². The highest BCUT2D eigenvalue weighted by atomic mass is 35.5. The molecule has 2 rings (SSSR count). The first-order chi connectivity index (χ1) is 8.95. The van der Waals surface area contributed by atoms with E-state index in [1.165, 1.54) is 0 Å². The minimum absolute atomic E-state index is 0.0625. The van der Waals surface area contributed by atoms with Gasteiger partial charge in [-0.3, -0.25) is 9.48 Å². The second-order valence-electron chi connectivity index (χ2n) is 5.29. The molecule has 2 N–H and O–H groups in total. The van der Waals surface area contributed by atoms with Gasteiger partial charge in [0.15, 0.2) is 5.69 Å². The summed E-state index contributed by atoms with van der Waals surface area (Å²) in [6.07, 6.45) is 2.14. The molecule has 0 spiro atoms. The molecule has 1 aromatic rings. The fourth-order valence-electron chi connectivity index (χ4n) is 2.61. The minimum atomic E-state index is -0.109. The van der Waals surface area contributed by atoms with E-state index in [1.54, 1.807) is 16.6 Å². The number of halogens is 1. The lowest BCUT2D eigenvalue weighted by Gasteiger charge is -2.14. The summed E-state index contributed by atoms with van der Waals surface area (Å²) in [5.74, 6) is 0.278. The van der Waals surface area contributed by atoms with E-state index in [2.05, 4.69) is 12.0 Å². The van der Waals surface area contributed by atoms with E-state index in [0.717, 1.165) is 18.5 Å². The van der Waals surface area contributed by atoms with E-state index in [4.69, 9.17) is 17.3 Å². The molecular weight excluding hydrogens is 264 g/mol. The highest BCUT2D eigenvalue weighted by Gasteiger charge is 2.34. The number of rotatable bonds is 3. The molecule has 19 heavy (non-hydrogen) atoms. The van der Waals surface area contributed by atoms with Crippen molar-refractivity contribution in [3.05, 3.63) is 16.4 Å². The Labute approximate surface area is 118 Å². The SMILES string of the molecule is CCC[C@@H]1CN(C(=O)c2nn(C)c(C)c2Cl)C[C@H]1N. The van der Waals surface area contributed by atoms with Crippen molar-refractivity contribution in [2.24, 2.45) is 18.7 Å². The first kappa shape index (κ1) is 14.3. The lowest BCUT2D eigenvalue weighted by Crippen LogP contribution is -2.32. The molecule has 0 aliphatic carbocycles. The fraction of sp³-hybridized carbons (Fsp3) is 0.692. The van der Waals surface area contributed by atoms with Crippen LogP contribution in [0.1, 0.15) is 35.9 Å². The molecule has 1 saturated heterocycles. The van der Waals surface area contributed by atoms with Crippen LogP contribution in [-0.2, 0) is 7.05 Å². The maximum absolute atomic E-state index is 12.4. The molecule has 1 aromatic heterocycles. The number of carbonyl (C=O) groups is 1. The molecule has 0 radical (unpaired) electrons. The molecule has 2 heterocycles. The van der Waals surface area contributed by atoms with Gasteiger partial charge in [-0.05, 0) is 19.3 Å². The number of aromatic nitrogens is 2. The van der Waals surface area contributed by atoms with Crippen molar-refractivity contribution >= 4 is 17.5 Å². The number of hydrogen-bond donors (Lipinski definition) is 1. The molecule has 0 unspecified atom stereocenters. The summed E-state index contributed by atoms with van der Waals surface area (Å²) in [6, 6.07) is 0.0625. The Morgan fingerprint density at radius 2 is 2.21 bits per heavy atom. The van der Waals surface area contributed by atoms with Gasteiger partial charge in [0.1, 0.15) is 0 Å². The van der Waals surface area contributed by atoms with Crippen LogP contribution in [0.25, 0.3) is 0 Å². The zero-order valence-electron chi connectivity index (χ0n) is 11.7. The van der Waals surface area contributed by atoms with Gasteiger partial charge in [-0.2, -0.15) is 5.10 Å². The zero-order valence-corrected chi connectivity index (χ0v) is 12.4. The highest BCUT2D eigenvalue weighted by Crippen LogP contribution is 2.25. The summed E-state index contributed by atoms with van der Waals surface area (Å²) < 4.78 is 1.63. The van der Waals surface area contributed by atoms with Gasteiger partial charge in [-0.25, -0.2) is 0 Å². The van der Waals surface area contributed by atoms with Gasteiger partial charge in [0.2, 0.25) is 0 Å². The summed E-state index contributed by atoms with van der Waals surface area (Å²) in [7, 11) is 1.79. The van der Waals surface area contributed by atoms with Gasteiger partial charge in [-0.15, -0.1) is 0 Å². The summed E-state index contributed by atoms with van der Waals surface area (Å²) >= 11 is 6.16. The quantitative estimate of drug-likeness (QED) is 0.916. The molecule has 0 aromatic carbocycles. The Morgan fingerprint density at radius 1 is 1.53 bits per heavy atom. The third-order valence-corrected chi connectivity index (χ3v) is 4.35. The Morgan fingerprint density at radius 3 is 2.74 bits per heavy atom. The molecule has 2 atom stereocenters. The smallest absolute Gasteiger partial charge is 0.275 e. The second kappa shape index (κ2) is 5.51. The van der Waals surface area contributed by atoms with E-state index in [0.29, 0.717) is 29.7 Å². The number of amides is 1. The topological polar surface area (TPSA) is 64.2 Å². The molecule has 5 nitrogen and oxygen atoms in total. The Hall–Kier alpha value is -1.07. The molecule has 1 aliphatic rings. The van der Waals surface area contributed by atoms with Crippen molar-refractivity contribution in [3.63, 3.8) is 0 Å². The van der Waals surface area contributed by atoms with E-state index in [9.17, 15) is 4.79 Å². The monoisotopic (exact) mass is 284 g/mol. The van der Waals surface area contributed by atoms with Gasteiger partial charge in [0, 0.05) is 26.2 Å². The van der Waals surface area contributed by atoms with Crippen LogP contribution in [0, 0.1) is 12.8 Å². The molecule has 0 bridgehead atoms. The largest absolute Gasteiger partial charge is 0.335 e. The van der Waals surface area contributed by atoms with Crippen molar-refractivity contribution in [1.29, 1.82) is 0 Å². The molecule has 1 amide bonds. The molecule has 1 fully saturated rings. The van der Waals surface area contributed by atoms with Crippen LogP contribution in [0.5, 0.6) is 0 Å². The number of hydrogen-bond acceptors (Lipinski definition) is 3. The number of carbonyl (C=O) groups excluding carboxylic acids is 1. The molecule has 6 heteroatoms. The number of nitrogens with zero attached hydrogens (tertiary/aromatic N) is 3. The van der Waals surface area contributed by atoms with Gasteiger partial charge < -0.3 is 10.6 Å². The van der Waals surface area contributed by atoms with E-state index < -0.39 is 0 Å². The predicted molar refractivity (Wildman–Crippen MR) is 75.2 cm³/mol. The van der Waals surface area contributed by atoms with Crippen LogP contribution in [0.3, 0.4) is 0 Å². The molecule has 1 aliphatic heterocycles. The lowest BCUT2D eigenvalue weighted by atomic mass is 9.99. The van der Waals surface area contributed by atoms with Gasteiger partial charge in [0.25, 0.3) is 5.91 Å². The summed E-state index contributed by atoms with van der Waals surface area (Å²) in [4.78, 5) is 14.2. The Kier molecular flexibility index (Phi) is 4.16. The van der Waals surface area contributed by atoms with Crippen molar-refractivity contribution in [2.45, 2.75) is 32.7 Å². The average Bonchev–Trinajstić information content (AvgIpc) is 2.86. The van der Waals surface area contributed by atoms with E-state index >= 15 is 0 Å². The van der Waals surface area contributed by atoms with Gasteiger partial charge >= 0.3 is 0 Å². The lowest BCUT2D eigenvalue weighted by molar-refractivity contribution is 0.0779. The number of nitrogens with two attached hydrogens (primary N) is 1. The zero-order chi connectivity index (χ0) is 14.2. The fourth-order valence-corrected chi connectivity index (χ4v) is 2.85. The molecule has 106 valence electrons. The number of likely N-dealkylation sites (tertiary alicyclic amines) is 1. The minimum Gasteiger partial charge on any atom is -0.335 e. The van der Waals surface area contributed by atoms with Crippen molar-refractivity contribution < 1.29 is 4.79 Å². The van der Waals surface area contributed by atoms with Crippen LogP contribution >= 0.6 is 11.6 Å². The normalized spacial score (nSPS) is 23.1. The van der Waals surface area contributed by atoms with E-state index in [-0.39, 0.29) is 11.9 Å². The standard InChI is InChI=1S/C13H21ClN4O/c1-4-5-9-6-18(7-10(9)15)13(19)12-11(14)8(2)17(3)16-12/h9-10H,4-7,15H2,1-3H3/t9-,10-/m1/s1. The Bertz CT molecular complexity index is 485. The van der Waals surface area contributed by atoms with Crippen LogP contribution in [0.15, 0.2) is 0 Å². The van der Waals surface area contributed by atoms with Gasteiger partial charge in [-0.1, -0.05) is 24.9 Å². The third kappa shape index (κ3) is 2.62. The maximum Gasteiger partial charge on any atom is 0.275 e. The summed E-state index contributed by atoms with van der Waals surface area (Å²) in [5.41, 5.74) is 7.24. The van der Waals surface area contributed by atoms with Crippen molar-refractivity contribution in [3.8, 4) is 0 Å². The summed E-state index contributed by atoms with van der Waals surface area (Å²) in [6.45, 7) is 5.28. The van der Waals surface area contributed by atoms with Crippen molar-refractivity contribution in [1.82, 2.24) is 14.7 Å². The Balaban J connectivity index is 2.15. The van der Waals surface area contributed by atoms with Crippen LogP contribution in [0.2, 0.25) is 5.02 Å². The molecule has 0 saturated carbocycles. The maximum atomic E-state index is 12.4. The van der Waals surface area contributed by atoms with E-state index in [1.807, 2.05) is 6.92 Å². The first-order valence-electron chi connectivity index (χ1n) is 6.69. The second-order valence-corrected chi connectivity index (χ2v) is 5.67. The third-order valence-electron chi connectivity index (χ3n) is 3.90. The van der Waals surface area contributed by atoms with Crippen LogP contribution in [-0.4, -0.2) is 39.7 Å². The number of aryl methyl sites for hydroxylation is 1. The predicted octanol–water partition coefficient (Wildman–Crippen LogP) is 1.58. The highest BCUT2D eigenvalue weighted by molar-refractivity contribution is 6.34. The van der Waals surface area contributed by atoms with Gasteiger partial charge in [0.05, 0.1) is 10.7 Å². The summed E-state index contributed by atoms with van der Waals surface area (Å²) in [5, 5.41) is 4.65.